The van der Waals surface area contributed by atoms with Crippen LogP contribution in [-0.2, 0) is 0 Å². The molecule has 1 aromatic carbocycles. The summed E-state index contributed by atoms with van der Waals surface area (Å²) in [5.41, 5.74) is -0.962. The molecule has 11 heteroatoms. The van der Waals surface area contributed by atoms with E-state index in [1.165, 1.54) is 35.9 Å². The van der Waals surface area contributed by atoms with Gasteiger partial charge in [-0.15, -0.1) is 0 Å². The van der Waals surface area contributed by atoms with Crippen LogP contribution in [0.15, 0.2) is 35.3 Å². The van der Waals surface area contributed by atoms with Crippen molar-refractivity contribution in [3.8, 4) is 0 Å². The van der Waals surface area contributed by atoms with Crippen LogP contribution in [0.3, 0.4) is 0 Å². The van der Waals surface area contributed by atoms with Crippen molar-refractivity contribution in [2.24, 2.45) is 17.3 Å². The Labute approximate surface area is 228 Å². The van der Waals surface area contributed by atoms with Crippen LogP contribution in [0.25, 0.3) is 0 Å². The van der Waals surface area contributed by atoms with Crippen LogP contribution < -0.4 is 16.2 Å². The quantitative estimate of drug-likeness (QED) is 0.435. The number of carbonyl (C=O) groups excluding carboxylic acids is 1. The average molecular weight is 565 g/mol. The zero-order valence-electron chi connectivity index (χ0n) is 22.4. The third-order valence-electron chi connectivity index (χ3n) is 9.59. The van der Waals surface area contributed by atoms with Gasteiger partial charge in [0.25, 0.3) is 17.9 Å². The predicted molar refractivity (Wildman–Crippen MR) is 139 cm³/mol. The summed E-state index contributed by atoms with van der Waals surface area (Å²) in [6.07, 6.45) is -0.726. The number of hydrogen-bond donors (Lipinski definition) is 2. The summed E-state index contributed by atoms with van der Waals surface area (Å²) in [5, 5.41) is 6.08. The SMILES string of the molecule is C[C@@H](NC(=O)c1cn(C2CC23CCC(F)(F)CC3)c(=O)cc1NC1[C@H]2CN(C)C[C@@H]12)c1cccc(C(F)F)c1F. The highest BCUT2D eigenvalue weighted by atomic mass is 19.3. The first-order chi connectivity index (χ1) is 18.9. The molecule has 1 aromatic heterocycles. The largest absolute Gasteiger partial charge is 0.381 e. The summed E-state index contributed by atoms with van der Waals surface area (Å²) in [6, 6.07) is 3.97. The number of fused-ring (bicyclic) bond motifs is 1. The number of benzene rings is 1. The zero-order chi connectivity index (χ0) is 28.6. The van der Waals surface area contributed by atoms with Crippen LogP contribution in [0.5, 0.6) is 0 Å². The van der Waals surface area contributed by atoms with E-state index in [4.69, 9.17) is 0 Å². The molecule has 2 heterocycles. The smallest absolute Gasteiger partial charge is 0.266 e. The molecule has 6 rings (SSSR count). The van der Waals surface area contributed by atoms with Gasteiger partial charge in [0.1, 0.15) is 5.82 Å². The van der Waals surface area contributed by atoms with E-state index in [-0.39, 0.29) is 47.0 Å². The second-order valence-corrected chi connectivity index (χ2v) is 12.2. The van der Waals surface area contributed by atoms with E-state index in [1.54, 1.807) is 0 Å². The second-order valence-electron chi connectivity index (χ2n) is 12.2. The van der Waals surface area contributed by atoms with Gasteiger partial charge in [0.2, 0.25) is 5.92 Å². The van der Waals surface area contributed by atoms with Crippen LogP contribution in [0, 0.1) is 23.1 Å². The summed E-state index contributed by atoms with van der Waals surface area (Å²) in [6.45, 7) is 3.33. The van der Waals surface area contributed by atoms with Gasteiger partial charge in [-0.05, 0) is 50.5 Å². The Bertz CT molecular complexity index is 1370. The van der Waals surface area contributed by atoms with E-state index in [0.29, 0.717) is 36.8 Å². The highest BCUT2D eigenvalue weighted by molar-refractivity contribution is 5.99. The number of halogens is 5. The van der Waals surface area contributed by atoms with Crippen LogP contribution in [0.4, 0.5) is 27.6 Å². The van der Waals surface area contributed by atoms with E-state index < -0.39 is 35.7 Å². The maximum atomic E-state index is 14.8. The molecule has 0 bridgehead atoms. The van der Waals surface area contributed by atoms with E-state index in [2.05, 4.69) is 15.5 Å². The molecule has 2 aromatic rings. The number of anilines is 1. The van der Waals surface area contributed by atoms with E-state index in [0.717, 1.165) is 19.2 Å². The number of piperidine rings is 1. The van der Waals surface area contributed by atoms with Gasteiger partial charge in [-0.3, -0.25) is 9.59 Å². The molecule has 4 aliphatic rings. The average Bonchev–Trinajstić information content (AvgIpc) is 3.71. The second kappa shape index (κ2) is 9.56. The standard InChI is InChI=1S/C29H33F5N4O2/c1-15(16-4-3-5-17(24(16)30)26(31)32)35-27(40)20-14-38(22-11-28(22)6-8-29(33,34)9-7-28)23(39)10-21(20)36-25-18-12-37(2)13-19(18)25/h3-5,10,14-15,18-19,22,25-26,36H,6-9,11-13H2,1-2H3,(H,35,40)/t15-,18-,19+,22?,25?/m1/s1. The summed E-state index contributed by atoms with van der Waals surface area (Å²) in [7, 11) is 2.04. The number of pyridine rings is 1. The number of hydrogen-bond acceptors (Lipinski definition) is 4. The number of carbonyl (C=O) groups is 1. The normalized spacial score (nSPS) is 28.8. The third-order valence-corrected chi connectivity index (χ3v) is 9.59. The Hall–Kier alpha value is -2.95. The van der Waals surface area contributed by atoms with Crippen LogP contribution in [-0.4, -0.2) is 47.5 Å². The first kappa shape index (κ1) is 27.2. The molecule has 40 heavy (non-hydrogen) atoms. The lowest BCUT2D eigenvalue weighted by atomic mass is 9.83. The monoisotopic (exact) mass is 564 g/mol. The molecule has 3 aliphatic carbocycles. The predicted octanol–water partition coefficient (Wildman–Crippen LogP) is 5.53. The van der Waals surface area contributed by atoms with Crippen molar-refractivity contribution in [3.05, 3.63) is 63.3 Å². The van der Waals surface area contributed by atoms with Crippen molar-refractivity contribution in [2.45, 2.75) is 69.5 Å². The molecule has 216 valence electrons. The fourth-order valence-electron chi connectivity index (χ4n) is 7.02. The zero-order valence-corrected chi connectivity index (χ0v) is 22.4. The molecule has 4 fully saturated rings. The number of amides is 1. The minimum absolute atomic E-state index is 0.0713. The Morgan fingerprint density at radius 1 is 1.07 bits per heavy atom. The molecule has 3 saturated carbocycles. The lowest BCUT2D eigenvalue weighted by Gasteiger charge is -2.29. The highest BCUT2D eigenvalue weighted by Crippen LogP contribution is 2.65. The minimum Gasteiger partial charge on any atom is -0.381 e. The highest BCUT2D eigenvalue weighted by Gasteiger charge is 2.59. The van der Waals surface area contributed by atoms with E-state index in [1.807, 2.05) is 7.05 Å². The van der Waals surface area contributed by atoms with Gasteiger partial charge in [-0.1, -0.05) is 18.2 Å². The molecule has 1 amide bonds. The van der Waals surface area contributed by atoms with Gasteiger partial charge >= 0.3 is 0 Å². The summed E-state index contributed by atoms with van der Waals surface area (Å²) < 4.78 is 70.4. The van der Waals surface area contributed by atoms with Crippen LogP contribution >= 0.6 is 0 Å². The lowest BCUT2D eigenvalue weighted by Crippen LogP contribution is -2.33. The molecule has 5 atom stereocenters. The number of likely N-dealkylation sites (tertiary alicyclic amines) is 1. The number of nitrogens with one attached hydrogen (secondary N) is 2. The minimum atomic E-state index is -3.00. The third kappa shape index (κ3) is 4.80. The fourth-order valence-corrected chi connectivity index (χ4v) is 7.02. The van der Waals surface area contributed by atoms with Crippen LogP contribution in [0.1, 0.15) is 79.0 Å². The van der Waals surface area contributed by atoms with Gasteiger partial charge in [0, 0.05) is 55.8 Å². The topological polar surface area (TPSA) is 66.4 Å². The number of alkyl halides is 4. The number of rotatable bonds is 7. The van der Waals surface area contributed by atoms with Crippen molar-refractivity contribution in [1.82, 2.24) is 14.8 Å². The lowest BCUT2D eigenvalue weighted by molar-refractivity contribution is -0.0515. The fraction of sp³-hybridized carbons (Fsp3) is 0.586. The van der Waals surface area contributed by atoms with Gasteiger partial charge in [0.15, 0.2) is 0 Å². The molecule has 1 aliphatic heterocycles. The summed E-state index contributed by atoms with van der Waals surface area (Å²) >= 11 is 0. The maximum Gasteiger partial charge on any atom is 0.266 e. The summed E-state index contributed by atoms with van der Waals surface area (Å²) in [5.74, 6) is -3.53. The van der Waals surface area contributed by atoms with Crippen molar-refractivity contribution < 1.29 is 26.7 Å². The maximum absolute atomic E-state index is 14.8. The number of aromatic nitrogens is 1. The molecule has 2 unspecified atom stereocenters. The first-order valence-corrected chi connectivity index (χ1v) is 13.9. The Kier molecular flexibility index (Phi) is 6.51. The van der Waals surface area contributed by atoms with Crippen molar-refractivity contribution in [1.29, 1.82) is 0 Å². The van der Waals surface area contributed by atoms with Gasteiger partial charge in [-0.25, -0.2) is 22.0 Å². The Balaban J connectivity index is 1.28. The molecule has 1 saturated heterocycles. The van der Waals surface area contributed by atoms with Crippen LogP contribution in [0.2, 0.25) is 0 Å². The Morgan fingerprint density at radius 3 is 2.38 bits per heavy atom. The molecule has 6 nitrogen and oxygen atoms in total. The summed E-state index contributed by atoms with van der Waals surface area (Å²) in [4.78, 5) is 29.1. The van der Waals surface area contributed by atoms with E-state index in [9.17, 15) is 31.5 Å². The molecule has 0 radical (unpaired) electrons. The molecule has 2 N–H and O–H groups in total. The van der Waals surface area contributed by atoms with Crippen molar-refractivity contribution in [2.75, 3.05) is 25.5 Å². The van der Waals surface area contributed by atoms with E-state index >= 15 is 0 Å². The molecule has 1 spiro atoms. The van der Waals surface area contributed by atoms with Gasteiger partial charge in [-0.2, -0.15) is 0 Å². The molecular weight excluding hydrogens is 531 g/mol. The first-order valence-electron chi connectivity index (χ1n) is 13.9. The van der Waals surface area contributed by atoms with Crippen molar-refractivity contribution >= 4 is 11.6 Å². The van der Waals surface area contributed by atoms with Gasteiger partial charge < -0.3 is 20.1 Å². The number of nitrogens with zero attached hydrogens (tertiary/aromatic N) is 2. The molecular formula is C29H33F5N4O2. The van der Waals surface area contributed by atoms with Crippen molar-refractivity contribution in [3.63, 3.8) is 0 Å². The van der Waals surface area contributed by atoms with Gasteiger partial charge in [0.05, 0.1) is 22.9 Å². The Morgan fingerprint density at radius 2 is 1.73 bits per heavy atom.